The van der Waals surface area contributed by atoms with Crippen LogP contribution in [0.5, 0.6) is 0 Å². The number of anilines is 1. The lowest BCUT2D eigenvalue weighted by atomic mass is 9.93. The second-order valence-electron chi connectivity index (χ2n) is 5.93. The Morgan fingerprint density at radius 3 is 2.32 bits per heavy atom. The Hall–Kier alpha value is -2.42. The molecule has 1 aliphatic rings. The molecule has 136 valence electrons. The lowest BCUT2D eigenvalue weighted by molar-refractivity contribution is -0.134. The molecule has 1 aromatic carbocycles. The van der Waals surface area contributed by atoms with Gasteiger partial charge >= 0.3 is 6.03 Å². The summed E-state index contributed by atoms with van der Waals surface area (Å²) in [6, 6.07) is 5.32. The molecule has 2 rings (SSSR count). The van der Waals surface area contributed by atoms with Gasteiger partial charge in [-0.15, -0.1) is 0 Å². The van der Waals surface area contributed by atoms with E-state index in [9.17, 15) is 22.8 Å². The molecule has 0 spiro atoms. The topological polar surface area (TPSA) is 113 Å². The summed E-state index contributed by atoms with van der Waals surface area (Å²) in [5.74, 6) is -1.10. The van der Waals surface area contributed by atoms with Gasteiger partial charge in [0.1, 0.15) is 12.1 Å². The number of carbonyl (C=O) groups is 3. The van der Waals surface area contributed by atoms with Gasteiger partial charge in [0.25, 0.3) is 5.91 Å². The molecule has 9 heteroatoms. The largest absolute Gasteiger partial charge is 0.325 e. The van der Waals surface area contributed by atoms with Gasteiger partial charge < -0.3 is 10.6 Å². The maximum Gasteiger partial charge on any atom is 0.325 e. The minimum absolute atomic E-state index is 0.0305. The van der Waals surface area contributed by atoms with E-state index in [0.717, 1.165) is 11.2 Å². The lowest BCUT2D eigenvalue weighted by Gasteiger charge is -2.23. The minimum Gasteiger partial charge on any atom is -0.323 e. The third-order valence-electron chi connectivity index (χ3n) is 4.32. The highest BCUT2D eigenvalue weighted by atomic mass is 32.2. The smallest absolute Gasteiger partial charge is 0.323 e. The Labute approximate surface area is 146 Å². The van der Waals surface area contributed by atoms with Gasteiger partial charge in [0.15, 0.2) is 9.84 Å². The van der Waals surface area contributed by atoms with Gasteiger partial charge in [0, 0.05) is 6.26 Å². The van der Waals surface area contributed by atoms with Crippen molar-refractivity contribution in [3.63, 3.8) is 0 Å². The number of imide groups is 1. The van der Waals surface area contributed by atoms with E-state index >= 15 is 0 Å². The van der Waals surface area contributed by atoms with Gasteiger partial charge in [-0.25, -0.2) is 13.2 Å². The van der Waals surface area contributed by atoms with Crippen LogP contribution in [0.15, 0.2) is 29.2 Å². The quantitative estimate of drug-likeness (QED) is 0.732. The molecule has 25 heavy (non-hydrogen) atoms. The van der Waals surface area contributed by atoms with Gasteiger partial charge in [0.05, 0.1) is 10.6 Å². The fourth-order valence-electron chi connectivity index (χ4n) is 2.78. The number of urea groups is 1. The molecule has 4 amide bonds. The van der Waals surface area contributed by atoms with Gasteiger partial charge in [-0.2, -0.15) is 0 Å². The van der Waals surface area contributed by atoms with Crippen molar-refractivity contribution in [2.75, 3.05) is 18.1 Å². The number of sulfone groups is 1. The summed E-state index contributed by atoms with van der Waals surface area (Å²) in [5.41, 5.74) is -0.874. The van der Waals surface area contributed by atoms with E-state index in [2.05, 4.69) is 10.6 Å². The molecule has 1 aromatic rings. The Balaban J connectivity index is 2.17. The van der Waals surface area contributed by atoms with E-state index in [1.54, 1.807) is 26.0 Å². The fourth-order valence-corrected chi connectivity index (χ4v) is 3.62. The number of para-hydroxylation sites is 1. The van der Waals surface area contributed by atoms with E-state index < -0.39 is 39.8 Å². The van der Waals surface area contributed by atoms with Crippen LogP contribution in [-0.4, -0.2) is 49.5 Å². The molecule has 0 unspecified atom stereocenters. The van der Waals surface area contributed by atoms with Crippen LogP contribution < -0.4 is 10.6 Å². The van der Waals surface area contributed by atoms with Crippen LogP contribution in [0.1, 0.15) is 26.7 Å². The molecule has 1 aliphatic heterocycles. The normalized spacial score (nSPS) is 16.7. The first-order chi connectivity index (χ1) is 11.6. The van der Waals surface area contributed by atoms with Crippen LogP contribution in [0.4, 0.5) is 10.5 Å². The van der Waals surface area contributed by atoms with Crippen molar-refractivity contribution in [2.24, 2.45) is 0 Å². The zero-order valence-electron chi connectivity index (χ0n) is 14.3. The van der Waals surface area contributed by atoms with Gasteiger partial charge in [-0.05, 0) is 25.0 Å². The third kappa shape index (κ3) is 3.65. The van der Waals surface area contributed by atoms with Crippen molar-refractivity contribution in [2.45, 2.75) is 37.1 Å². The van der Waals surface area contributed by atoms with Gasteiger partial charge in [-0.3, -0.25) is 14.5 Å². The number of hydrogen-bond donors (Lipinski definition) is 2. The van der Waals surface area contributed by atoms with Crippen LogP contribution in [0.2, 0.25) is 0 Å². The predicted octanol–water partition coefficient (Wildman–Crippen LogP) is 1.14. The number of nitrogens with zero attached hydrogens (tertiary/aromatic N) is 1. The van der Waals surface area contributed by atoms with Crippen molar-refractivity contribution < 1.29 is 22.8 Å². The van der Waals surface area contributed by atoms with Crippen molar-refractivity contribution in [3.05, 3.63) is 24.3 Å². The van der Waals surface area contributed by atoms with E-state index in [4.69, 9.17) is 0 Å². The Morgan fingerprint density at radius 1 is 1.20 bits per heavy atom. The molecule has 1 saturated heterocycles. The number of carbonyl (C=O) groups excluding carboxylic acids is 3. The number of benzene rings is 1. The maximum absolute atomic E-state index is 12.5. The summed E-state index contributed by atoms with van der Waals surface area (Å²) < 4.78 is 23.5. The standard InChI is InChI=1S/C16H21N3O5S/c1-4-16(5-2)14(21)19(15(22)18-16)10-13(20)17-11-8-6-7-9-12(11)25(3,23)24/h6-9H,4-5,10H2,1-3H3,(H,17,20)(H,18,22). The highest BCUT2D eigenvalue weighted by Crippen LogP contribution is 2.25. The van der Waals surface area contributed by atoms with Gasteiger partial charge in [0.2, 0.25) is 5.91 Å². The van der Waals surface area contributed by atoms with E-state index in [1.165, 1.54) is 12.1 Å². The molecule has 0 aromatic heterocycles. The molecule has 1 fully saturated rings. The third-order valence-corrected chi connectivity index (χ3v) is 5.47. The molecule has 0 radical (unpaired) electrons. The summed E-state index contributed by atoms with van der Waals surface area (Å²) in [6.07, 6.45) is 1.87. The Bertz CT molecular complexity index is 815. The predicted molar refractivity (Wildman–Crippen MR) is 91.7 cm³/mol. The molecular formula is C16H21N3O5S. The SMILES string of the molecule is CCC1(CC)NC(=O)N(CC(=O)Nc2ccccc2S(C)(=O)=O)C1=O. The number of amides is 4. The van der Waals surface area contributed by atoms with Crippen LogP contribution in [-0.2, 0) is 19.4 Å². The van der Waals surface area contributed by atoms with Crippen molar-refractivity contribution in [1.29, 1.82) is 0 Å². The van der Waals surface area contributed by atoms with Crippen molar-refractivity contribution >= 4 is 33.4 Å². The average Bonchev–Trinajstić information content (AvgIpc) is 2.79. The highest BCUT2D eigenvalue weighted by Gasteiger charge is 2.49. The van der Waals surface area contributed by atoms with Crippen LogP contribution >= 0.6 is 0 Å². The molecule has 0 atom stereocenters. The molecular weight excluding hydrogens is 346 g/mol. The van der Waals surface area contributed by atoms with Crippen LogP contribution in [0, 0.1) is 0 Å². The van der Waals surface area contributed by atoms with E-state index in [1.807, 2.05) is 0 Å². The molecule has 0 aliphatic carbocycles. The first-order valence-corrected chi connectivity index (χ1v) is 9.77. The number of rotatable bonds is 6. The molecule has 0 bridgehead atoms. The monoisotopic (exact) mass is 367 g/mol. The number of nitrogens with one attached hydrogen (secondary N) is 2. The van der Waals surface area contributed by atoms with Crippen molar-refractivity contribution in [3.8, 4) is 0 Å². The average molecular weight is 367 g/mol. The zero-order chi connectivity index (χ0) is 18.8. The Kier molecular flexibility index (Phi) is 5.17. The molecule has 8 nitrogen and oxygen atoms in total. The maximum atomic E-state index is 12.5. The van der Waals surface area contributed by atoms with Crippen molar-refractivity contribution in [1.82, 2.24) is 10.2 Å². The molecule has 2 N–H and O–H groups in total. The zero-order valence-corrected chi connectivity index (χ0v) is 15.1. The van der Waals surface area contributed by atoms with Crippen LogP contribution in [0.25, 0.3) is 0 Å². The lowest BCUT2D eigenvalue weighted by Crippen LogP contribution is -2.46. The summed E-state index contributed by atoms with van der Waals surface area (Å²) >= 11 is 0. The minimum atomic E-state index is -3.53. The summed E-state index contributed by atoms with van der Waals surface area (Å²) in [4.78, 5) is 37.6. The first-order valence-electron chi connectivity index (χ1n) is 7.87. The summed E-state index contributed by atoms with van der Waals surface area (Å²) in [6.45, 7) is 3.09. The highest BCUT2D eigenvalue weighted by molar-refractivity contribution is 7.90. The Morgan fingerprint density at radius 2 is 1.80 bits per heavy atom. The van der Waals surface area contributed by atoms with E-state index in [-0.39, 0.29) is 10.6 Å². The second-order valence-corrected chi connectivity index (χ2v) is 7.91. The summed E-state index contributed by atoms with van der Waals surface area (Å²) in [5, 5.41) is 5.09. The second kappa shape index (κ2) is 6.83. The summed E-state index contributed by atoms with van der Waals surface area (Å²) in [7, 11) is -3.53. The molecule has 0 saturated carbocycles. The molecule has 1 heterocycles. The first kappa shape index (κ1) is 18.9. The fraction of sp³-hybridized carbons (Fsp3) is 0.438. The van der Waals surface area contributed by atoms with E-state index in [0.29, 0.717) is 12.8 Å². The van der Waals surface area contributed by atoms with Crippen LogP contribution in [0.3, 0.4) is 0 Å². The number of hydrogen-bond acceptors (Lipinski definition) is 5. The van der Waals surface area contributed by atoms with Gasteiger partial charge in [-0.1, -0.05) is 26.0 Å².